The number of allylic oxidation sites excluding steroid dienone is 2. The molecule has 0 amide bonds. The van der Waals surface area contributed by atoms with E-state index in [9.17, 15) is 26.8 Å². The van der Waals surface area contributed by atoms with Crippen LogP contribution in [0.25, 0.3) is 0 Å². The molecule has 7 saturated carbocycles. The second-order valence-electron chi connectivity index (χ2n) is 14.9. The summed E-state index contributed by atoms with van der Waals surface area (Å²) in [6.45, 7) is 3.00. The number of ether oxygens (including phenoxy) is 2. The molecule has 6 bridgehead atoms. The fraction of sp³-hybridized carbons (Fsp3) is 0.793. The van der Waals surface area contributed by atoms with E-state index in [2.05, 4.69) is 0 Å². The van der Waals surface area contributed by atoms with Crippen LogP contribution in [0.1, 0.15) is 65.2 Å². The minimum Gasteiger partial charge on any atom is -0.459 e. The molecule has 0 heterocycles. The molecule has 212 valence electrons. The van der Waals surface area contributed by atoms with Crippen molar-refractivity contribution in [1.82, 2.24) is 0 Å². The number of carbonyl (C=O) groups is 2. The molecule has 7 nitrogen and oxygen atoms in total. The van der Waals surface area contributed by atoms with E-state index < -0.39 is 44.4 Å². The van der Waals surface area contributed by atoms with Gasteiger partial charge in [0.15, 0.2) is 0 Å². The van der Waals surface area contributed by atoms with Crippen molar-refractivity contribution < 1.29 is 40.8 Å². The first-order valence-electron chi connectivity index (χ1n) is 14.3. The number of hydrogen-bond acceptors (Lipinski definition) is 6. The van der Waals surface area contributed by atoms with Crippen LogP contribution in [0.15, 0.2) is 23.3 Å². The lowest BCUT2D eigenvalue weighted by molar-refractivity contribution is -0.185. The van der Waals surface area contributed by atoms with Gasteiger partial charge >= 0.3 is 27.3 Å². The third-order valence-electron chi connectivity index (χ3n) is 12.5. The van der Waals surface area contributed by atoms with Crippen molar-refractivity contribution in [2.45, 2.75) is 76.1 Å². The quantitative estimate of drug-likeness (QED) is 0.369. The molecule has 11 unspecified atom stereocenters. The Kier molecular flexibility index (Phi) is 4.46. The highest BCUT2D eigenvalue weighted by molar-refractivity contribution is 7.87. The first kappa shape index (κ1) is 24.9. The van der Waals surface area contributed by atoms with Crippen LogP contribution in [0.3, 0.4) is 0 Å². The van der Waals surface area contributed by atoms with Crippen LogP contribution >= 0.6 is 0 Å². The zero-order chi connectivity index (χ0) is 27.5. The Morgan fingerprint density at radius 2 is 1.74 bits per heavy atom. The molecule has 0 aromatic heterocycles. The van der Waals surface area contributed by atoms with E-state index in [0.717, 1.165) is 54.1 Å². The topological polar surface area (TPSA) is 107 Å². The summed E-state index contributed by atoms with van der Waals surface area (Å²) in [7, 11) is -5.96. The fourth-order valence-corrected chi connectivity index (χ4v) is 12.1. The molecule has 7 fully saturated rings. The lowest BCUT2D eigenvalue weighted by Crippen LogP contribution is -2.57. The third-order valence-corrected chi connectivity index (χ3v) is 13.3. The van der Waals surface area contributed by atoms with Gasteiger partial charge in [-0.25, -0.2) is 4.79 Å². The Hall–Kier alpha value is -1.81. The van der Waals surface area contributed by atoms with Crippen LogP contribution in [-0.4, -0.2) is 42.4 Å². The summed E-state index contributed by atoms with van der Waals surface area (Å²) in [4.78, 5) is 26.1. The minimum absolute atomic E-state index is 0.144. The largest absolute Gasteiger partial charge is 0.465 e. The van der Waals surface area contributed by atoms with Crippen LogP contribution in [0.2, 0.25) is 0 Å². The standard InChI is InChI=1S/C29H34F2O7S/c1-25(13-37-24(33)29(30,31)39(34,35)36)7-15-5-16(15)8-26(2,12-25)38-23(32)27-9-18-17-3-14-4-20-19(10-27)22(18)28(20,6-14)21(17)11-27/h7-8,14,17-22H,3-6,9-13H2,1-2H3,(H,34,35,36). The van der Waals surface area contributed by atoms with Gasteiger partial charge in [-0.05, 0) is 116 Å². The van der Waals surface area contributed by atoms with Crippen LogP contribution < -0.4 is 0 Å². The maximum atomic E-state index is 14.2. The molecule has 8 aliphatic rings. The highest BCUT2D eigenvalue weighted by Crippen LogP contribution is 2.88. The summed E-state index contributed by atoms with van der Waals surface area (Å²) in [6, 6.07) is 0. The number of hydrogen-bond donors (Lipinski definition) is 1. The maximum Gasteiger partial charge on any atom is 0.465 e. The van der Waals surface area contributed by atoms with Crippen molar-refractivity contribution in [3.8, 4) is 0 Å². The first-order valence-corrected chi connectivity index (χ1v) is 15.7. The van der Waals surface area contributed by atoms with Crippen molar-refractivity contribution in [3.63, 3.8) is 0 Å². The summed E-state index contributed by atoms with van der Waals surface area (Å²) in [6.07, 6.45) is 11.5. The van der Waals surface area contributed by atoms with E-state index in [1.165, 1.54) is 19.3 Å². The summed E-state index contributed by atoms with van der Waals surface area (Å²) >= 11 is 0. The van der Waals surface area contributed by atoms with Gasteiger partial charge in [0.25, 0.3) is 0 Å². The van der Waals surface area contributed by atoms with Crippen molar-refractivity contribution in [1.29, 1.82) is 0 Å². The highest BCUT2D eigenvalue weighted by Gasteiger charge is 2.83. The molecule has 11 atom stereocenters. The first-order chi connectivity index (χ1) is 18.1. The van der Waals surface area contributed by atoms with Gasteiger partial charge in [-0.3, -0.25) is 9.35 Å². The number of fused-ring (bicyclic) bond motifs is 4. The lowest BCUT2D eigenvalue weighted by atomic mass is 9.44. The summed E-state index contributed by atoms with van der Waals surface area (Å²) in [5, 5.41) is -5.06. The second-order valence-corrected chi connectivity index (χ2v) is 16.4. The fourth-order valence-electron chi connectivity index (χ4n) is 11.8. The van der Waals surface area contributed by atoms with Gasteiger partial charge in [0.05, 0.1) is 5.41 Å². The normalized spacial score (nSPS) is 51.4. The van der Waals surface area contributed by atoms with Crippen molar-refractivity contribution in [2.75, 3.05) is 6.61 Å². The Labute approximate surface area is 226 Å². The Balaban J connectivity index is 1.03. The van der Waals surface area contributed by atoms with E-state index in [1.54, 1.807) is 6.92 Å². The van der Waals surface area contributed by atoms with Gasteiger partial charge in [0.2, 0.25) is 0 Å². The molecule has 10 heteroatoms. The van der Waals surface area contributed by atoms with Crippen LogP contribution in [-0.2, 0) is 29.2 Å². The SMILES string of the molecule is CC1(COC(=O)C(F)(F)S(=O)(=O)O)C=C2CC2=CC(C)(OC(=O)C23CC4C5CC6CC7C(C2)C4C7(C6)C5C3)C1. The number of halogens is 2. The highest BCUT2D eigenvalue weighted by atomic mass is 32.2. The Morgan fingerprint density at radius 1 is 1.03 bits per heavy atom. The zero-order valence-corrected chi connectivity index (χ0v) is 22.9. The summed E-state index contributed by atoms with van der Waals surface area (Å²) < 4.78 is 69.4. The monoisotopic (exact) mass is 564 g/mol. The van der Waals surface area contributed by atoms with Gasteiger partial charge in [-0.15, -0.1) is 0 Å². The number of alkyl halides is 2. The van der Waals surface area contributed by atoms with Crippen LogP contribution in [0, 0.1) is 57.7 Å². The predicted molar refractivity (Wildman–Crippen MR) is 132 cm³/mol. The molecule has 1 N–H and O–H groups in total. The lowest BCUT2D eigenvalue weighted by Gasteiger charge is -2.60. The molecule has 0 aromatic rings. The van der Waals surface area contributed by atoms with E-state index in [-0.39, 0.29) is 12.4 Å². The molecular weight excluding hydrogens is 530 g/mol. The number of carbonyl (C=O) groups excluding carboxylic acids is 2. The second kappa shape index (κ2) is 6.97. The van der Waals surface area contributed by atoms with Gasteiger partial charge in [0.1, 0.15) is 12.2 Å². The van der Waals surface area contributed by atoms with Gasteiger partial charge < -0.3 is 9.47 Å². The van der Waals surface area contributed by atoms with Crippen molar-refractivity contribution >= 4 is 22.1 Å². The maximum absolute atomic E-state index is 14.2. The van der Waals surface area contributed by atoms with Crippen molar-refractivity contribution in [2.24, 2.45) is 57.7 Å². The number of esters is 2. The molecule has 0 aromatic carbocycles. The van der Waals surface area contributed by atoms with Gasteiger partial charge in [0, 0.05) is 11.8 Å². The van der Waals surface area contributed by atoms with E-state index >= 15 is 0 Å². The molecule has 39 heavy (non-hydrogen) atoms. The van der Waals surface area contributed by atoms with Gasteiger partial charge in [-0.1, -0.05) is 13.0 Å². The Morgan fingerprint density at radius 3 is 2.49 bits per heavy atom. The molecule has 0 radical (unpaired) electrons. The average molecular weight is 565 g/mol. The predicted octanol–water partition coefficient (Wildman–Crippen LogP) is 4.69. The number of rotatable bonds is 6. The average Bonchev–Trinajstić information content (AvgIpc) is 3.52. The van der Waals surface area contributed by atoms with E-state index in [4.69, 9.17) is 14.0 Å². The molecule has 8 aliphatic carbocycles. The molecule has 0 aliphatic heterocycles. The molecular formula is C29H34F2O7S. The van der Waals surface area contributed by atoms with E-state index in [0.29, 0.717) is 29.6 Å². The Bertz CT molecular complexity index is 1400. The van der Waals surface area contributed by atoms with Crippen LogP contribution in [0.4, 0.5) is 8.78 Å². The minimum atomic E-state index is -5.96. The molecule has 1 spiro atoms. The van der Waals surface area contributed by atoms with Gasteiger partial charge in [-0.2, -0.15) is 17.2 Å². The smallest absolute Gasteiger partial charge is 0.459 e. The van der Waals surface area contributed by atoms with E-state index in [1.807, 2.05) is 19.1 Å². The summed E-state index contributed by atoms with van der Waals surface area (Å²) in [5.74, 6) is 2.72. The summed E-state index contributed by atoms with van der Waals surface area (Å²) in [5.41, 5.74) is 0.0100. The third kappa shape index (κ3) is 3.03. The van der Waals surface area contributed by atoms with Crippen molar-refractivity contribution in [3.05, 3.63) is 23.3 Å². The zero-order valence-electron chi connectivity index (χ0n) is 22.1. The van der Waals surface area contributed by atoms with Crippen LogP contribution in [0.5, 0.6) is 0 Å². The molecule has 8 rings (SSSR count). The molecule has 0 saturated heterocycles.